The van der Waals surface area contributed by atoms with Crippen LogP contribution in [-0.2, 0) is 40.0 Å². The predicted molar refractivity (Wildman–Crippen MR) is 220 cm³/mol. The molecule has 0 aromatic carbocycles. The van der Waals surface area contributed by atoms with E-state index in [1.165, 1.54) is 16.0 Å². The molecule has 2 fully saturated rings. The van der Waals surface area contributed by atoms with Crippen molar-refractivity contribution in [2.24, 2.45) is 11.8 Å². The number of hydrogen-bond acceptors (Lipinski definition) is 13. The van der Waals surface area contributed by atoms with E-state index in [1.54, 1.807) is 52.2 Å². The smallest absolute Gasteiger partial charge is 0.306 e. The molecule has 3 N–H and O–H groups in total. The molecular formula is C41H37N11O4S2. The number of aryl methyl sites for hydroxylation is 2. The number of carbonyl (C=O) groups is 2. The van der Waals surface area contributed by atoms with E-state index in [2.05, 4.69) is 51.7 Å². The number of likely N-dealkylation sites (tertiary alicyclic amines) is 1. The van der Waals surface area contributed by atoms with Gasteiger partial charge >= 0.3 is 5.97 Å². The van der Waals surface area contributed by atoms with Crippen molar-refractivity contribution in [2.45, 2.75) is 57.1 Å². The van der Waals surface area contributed by atoms with E-state index in [-0.39, 0.29) is 24.0 Å². The summed E-state index contributed by atoms with van der Waals surface area (Å²) in [4.78, 5) is 48.9. The Morgan fingerprint density at radius 3 is 1.86 bits per heavy atom. The number of fused-ring (bicyclic) bond motifs is 10. The van der Waals surface area contributed by atoms with Crippen LogP contribution in [-0.4, -0.2) is 86.3 Å². The van der Waals surface area contributed by atoms with Crippen molar-refractivity contribution in [3.8, 4) is 0 Å². The Kier molecular flexibility index (Phi) is 8.55. The van der Waals surface area contributed by atoms with Gasteiger partial charge in [0.25, 0.3) is 0 Å². The summed E-state index contributed by atoms with van der Waals surface area (Å²) in [5.41, 5.74) is 6.40. The first-order valence-corrected chi connectivity index (χ1v) is 21.1. The highest BCUT2D eigenvalue weighted by Crippen LogP contribution is 2.43. The fourth-order valence-corrected chi connectivity index (χ4v) is 11.5. The van der Waals surface area contributed by atoms with Gasteiger partial charge in [0.1, 0.15) is 34.0 Å². The molecule has 2 saturated heterocycles. The summed E-state index contributed by atoms with van der Waals surface area (Å²) in [6.45, 7) is 1.47. The number of pyridine rings is 2. The van der Waals surface area contributed by atoms with Crippen LogP contribution in [0.25, 0.3) is 31.5 Å². The zero-order chi connectivity index (χ0) is 38.9. The lowest BCUT2D eigenvalue weighted by Crippen LogP contribution is -2.45. The molecule has 15 nitrogen and oxygen atoms in total. The molecule has 0 unspecified atom stereocenters. The molecule has 12 rings (SSSR count). The lowest BCUT2D eigenvalue weighted by atomic mass is 9.86. The topological polar surface area (TPSA) is 177 Å². The van der Waals surface area contributed by atoms with Crippen LogP contribution in [0, 0.1) is 11.8 Å². The second-order valence-corrected chi connectivity index (χ2v) is 17.5. The maximum Gasteiger partial charge on any atom is 0.306 e. The zero-order valence-corrected chi connectivity index (χ0v) is 32.7. The number of ether oxygens (including phenoxy) is 1. The highest BCUT2D eigenvalue weighted by molar-refractivity contribution is 7.19. The average Bonchev–Trinajstić information content (AvgIpc) is 4.10. The minimum absolute atomic E-state index is 0.0588. The van der Waals surface area contributed by atoms with Gasteiger partial charge in [-0.05, 0) is 92.5 Å². The Bertz CT molecular complexity index is 2900. The second kappa shape index (κ2) is 14.1. The molecule has 2 aliphatic carbocycles. The van der Waals surface area contributed by atoms with Crippen molar-refractivity contribution in [3.63, 3.8) is 0 Å². The van der Waals surface area contributed by atoms with Crippen LogP contribution in [0.15, 0.2) is 73.8 Å². The predicted octanol–water partition coefficient (Wildman–Crippen LogP) is 6.46. The first kappa shape index (κ1) is 35.1. The third kappa shape index (κ3) is 6.20. The average molecular weight is 812 g/mol. The van der Waals surface area contributed by atoms with Crippen molar-refractivity contribution in [2.75, 3.05) is 23.8 Å². The van der Waals surface area contributed by atoms with E-state index in [1.807, 2.05) is 47.2 Å². The molecule has 292 valence electrons. The van der Waals surface area contributed by atoms with E-state index < -0.39 is 5.97 Å². The molecule has 0 radical (unpaired) electrons. The molecule has 17 heteroatoms. The Hall–Kier alpha value is -6.04. The van der Waals surface area contributed by atoms with E-state index in [0.29, 0.717) is 25.4 Å². The van der Waals surface area contributed by atoms with Crippen LogP contribution < -0.4 is 10.6 Å². The van der Waals surface area contributed by atoms with Gasteiger partial charge in [0, 0.05) is 58.4 Å². The Labute approximate surface area is 338 Å². The number of carboxylic acids is 1. The number of anilines is 4. The molecule has 8 aromatic rings. The van der Waals surface area contributed by atoms with E-state index in [0.717, 1.165) is 98.0 Å². The number of hydrogen-bond donors (Lipinski definition) is 3. The Morgan fingerprint density at radius 1 is 0.759 bits per heavy atom. The van der Waals surface area contributed by atoms with Crippen molar-refractivity contribution in [1.29, 1.82) is 0 Å². The highest BCUT2D eigenvalue weighted by atomic mass is 32.1. The normalized spacial score (nSPS) is 20.9. The lowest BCUT2D eigenvalue weighted by molar-refractivity contribution is -0.142. The summed E-state index contributed by atoms with van der Waals surface area (Å²) in [6, 6.07) is 12.2. The first-order valence-electron chi connectivity index (χ1n) is 19.5. The number of morpholine rings is 1. The van der Waals surface area contributed by atoms with Crippen LogP contribution in [0.5, 0.6) is 0 Å². The van der Waals surface area contributed by atoms with E-state index in [4.69, 9.17) is 4.74 Å². The van der Waals surface area contributed by atoms with Gasteiger partial charge in [0.15, 0.2) is 0 Å². The molecule has 4 atom stereocenters. The second-order valence-electron chi connectivity index (χ2n) is 15.3. The van der Waals surface area contributed by atoms with Gasteiger partial charge in [0.05, 0.1) is 46.5 Å². The fraction of sp³-hybridized carbons (Fsp3) is 0.317. The molecule has 0 saturated carbocycles. The summed E-state index contributed by atoms with van der Waals surface area (Å²) in [6.07, 6.45) is 16.3. The number of nitrogens with zero attached hydrogens (tertiary/aromatic N) is 9. The summed E-state index contributed by atoms with van der Waals surface area (Å²) in [5.74, 6) is 0.946. The number of carboxylic acid groups (broad SMARTS) is 1. The summed E-state index contributed by atoms with van der Waals surface area (Å²) >= 11 is 3.29. The third-order valence-electron chi connectivity index (χ3n) is 11.9. The molecule has 58 heavy (non-hydrogen) atoms. The maximum absolute atomic E-state index is 13.2. The number of rotatable bonds is 6. The minimum Gasteiger partial charge on any atom is -0.481 e. The number of aromatic nitrogens is 8. The van der Waals surface area contributed by atoms with Gasteiger partial charge < -0.3 is 25.4 Å². The van der Waals surface area contributed by atoms with Crippen molar-refractivity contribution >= 4 is 89.0 Å². The zero-order valence-electron chi connectivity index (χ0n) is 31.1. The molecule has 1 amide bonds. The van der Waals surface area contributed by atoms with Gasteiger partial charge in [-0.2, -0.15) is 10.2 Å². The Balaban J connectivity index is 0.000000136. The number of thiophene rings is 2. The van der Waals surface area contributed by atoms with Crippen LogP contribution in [0.1, 0.15) is 40.1 Å². The van der Waals surface area contributed by atoms with Gasteiger partial charge in [-0.15, -0.1) is 22.7 Å². The number of carbonyl (C=O) groups excluding carboxylic acids is 1. The van der Waals surface area contributed by atoms with Crippen molar-refractivity contribution in [1.82, 2.24) is 44.1 Å². The molecule has 10 heterocycles. The summed E-state index contributed by atoms with van der Waals surface area (Å²) in [5, 5.41) is 26.8. The highest BCUT2D eigenvalue weighted by Gasteiger charge is 2.44. The van der Waals surface area contributed by atoms with E-state index >= 15 is 0 Å². The van der Waals surface area contributed by atoms with Crippen molar-refractivity contribution < 1.29 is 19.4 Å². The van der Waals surface area contributed by atoms with Gasteiger partial charge in [-0.3, -0.25) is 9.59 Å². The molecule has 8 aromatic heterocycles. The van der Waals surface area contributed by atoms with Gasteiger partial charge in [0.2, 0.25) is 5.91 Å². The molecule has 4 aliphatic rings. The fourth-order valence-electron chi connectivity index (χ4n) is 9.01. The molecule has 2 bridgehead atoms. The van der Waals surface area contributed by atoms with Crippen LogP contribution in [0.2, 0.25) is 0 Å². The van der Waals surface area contributed by atoms with Crippen molar-refractivity contribution in [3.05, 3.63) is 94.7 Å². The third-order valence-corrected chi connectivity index (χ3v) is 14.2. The standard InChI is InChI=1S/C23H22N6O2S.C18H15N5O2S/c30-23(28-10-17-9-16(28)11-31-17)13-1-2-18-19(7-13)32-22-20(18)21(24-12-25-22)27-14-4-6-29-15(8-14)3-5-26-29;24-18(25)10-1-2-13-14(7-10)26-17-15(13)16(19-9-20-17)22-11-4-6-23-12(8-11)3-5-21-23/h3-6,8,12-13,16-17H,1-2,7,9-11H2,(H,24,25,27);3-6,8-10H,1-2,7H2,(H,24,25)(H,19,20,22)/t13-,16-,17-;10-/m00/s1. The maximum atomic E-state index is 13.2. The van der Waals surface area contributed by atoms with Crippen LogP contribution in [0.4, 0.5) is 23.0 Å². The summed E-state index contributed by atoms with van der Waals surface area (Å²) < 4.78 is 9.32. The SMILES string of the molecule is O=C(O)[C@H]1CCc2c(sc3ncnc(Nc4ccn5nccc5c4)c23)C1.O=C([C@H]1CCc2c(sc3ncnc(Nc4ccn5nccc5c4)c23)C1)N1C[C@@H]2C[C@H]1CO2. The van der Waals surface area contributed by atoms with Crippen LogP contribution >= 0.6 is 22.7 Å². The van der Waals surface area contributed by atoms with E-state index in [9.17, 15) is 14.7 Å². The van der Waals surface area contributed by atoms with Crippen LogP contribution in [0.3, 0.4) is 0 Å². The number of amides is 1. The summed E-state index contributed by atoms with van der Waals surface area (Å²) in [7, 11) is 0. The Morgan fingerprint density at radius 2 is 1.33 bits per heavy atom. The molecule has 0 spiro atoms. The number of aliphatic carboxylic acids is 1. The monoisotopic (exact) mass is 811 g/mol. The lowest BCUT2D eigenvalue weighted by Gasteiger charge is -2.32. The number of nitrogens with one attached hydrogen (secondary N) is 2. The van der Waals surface area contributed by atoms with Gasteiger partial charge in [-0.25, -0.2) is 29.0 Å². The molecular weight excluding hydrogens is 775 g/mol. The molecule has 2 aliphatic heterocycles. The minimum atomic E-state index is -0.716. The first-order chi connectivity index (χ1) is 28.4. The quantitative estimate of drug-likeness (QED) is 0.167. The van der Waals surface area contributed by atoms with Gasteiger partial charge in [-0.1, -0.05) is 0 Å². The largest absolute Gasteiger partial charge is 0.481 e.